The highest BCUT2D eigenvalue weighted by Crippen LogP contribution is 2.17. The van der Waals surface area contributed by atoms with Gasteiger partial charge in [0.25, 0.3) is 0 Å². The van der Waals surface area contributed by atoms with Crippen LogP contribution < -0.4 is 5.32 Å². The number of hydrogen-bond acceptors (Lipinski definition) is 5. The first-order valence-electron chi connectivity index (χ1n) is 8.36. The van der Waals surface area contributed by atoms with Gasteiger partial charge in [-0.15, -0.1) is 0 Å². The zero-order chi connectivity index (χ0) is 18.1. The van der Waals surface area contributed by atoms with Crippen molar-refractivity contribution in [2.75, 3.05) is 18.6 Å². The molecule has 0 aliphatic heterocycles. The monoisotopic (exact) mass is 375 g/mol. The summed E-state index contributed by atoms with van der Waals surface area (Å²) < 4.78 is 0. The Labute approximate surface area is 158 Å². The summed E-state index contributed by atoms with van der Waals surface area (Å²) in [5.41, 5.74) is 4.36. The quantitative estimate of drug-likeness (QED) is 0.410. The summed E-state index contributed by atoms with van der Waals surface area (Å²) in [5, 5.41) is 3.79. The molecule has 2 rings (SSSR count). The van der Waals surface area contributed by atoms with Crippen molar-refractivity contribution in [2.45, 2.75) is 37.6 Å². The molecule has 0 bridgehead atoms. The summed E-state index contributed by atoms with van der Waals surface area (Å²) in [6.07, 6.45) is 3.14. The van der Waals surface area contributed by atoms with E-state index >= 15 is 0 Å². The van der Waals surface area contributed by atoms with E-state index in [9.17, 15) is 4.79 Å². The molecule has 1 heterocycles. The van der Waals surface area contributed by atoms with Crippen LogP contribution in [-0.2, 0) is 17.0 Å². The minimum Gasteiger partial charge on any atom is -0.355 e. The molecule has 0 aliphatic rings. The molecular weight excluding hydrogens is 350 g/mol. The summed E-state index contributed by atoms with van der Waals surface area (Å²) in [4.78, 5) is 21.0. The van der Waals surface area contributed by atoms with Crippen LogP contribution in [0.4, 0.5) is 0 Å². The highest BCUT2D eigenvalue weighted by atomic mass is 32.2. The Bertz CT molecular complexity index is 669. The Morgan fingerprint density at radius 1 is 1.12 bits per heavy atom. The summed E-state index contributed by atoms with van der Waals surface area (Å²) in [5.74, 6) is 1.99. The zero-order valence-electron chi connectivity index (χ0n) is 15.0. The Morgan fingerprint density at radius 2 is 1.80 bits per heavy atom. The normalized spacial score (nSPS) is 10.7. The Morgan fingerprint density at radius 3 is 2.44 bits per heavy atom. The molecule has 4 nitrogen and oxygen atoms in total. The van der Waals surface area contributed by atoms with Gasteiger partial charge in [0.1, 0.15) is 0 Å². The molecule has 1 aromatic heterocycles. The second-order valence-corrected chi connectivity index (χ2v) is 7.63. The van der Waals surface area contributed by atoms with Crippen molar-refractivity contribution < 1.29 is 4.79 Å². The number of nitrogens with zero attached hydrogens (tertiary/aromatic N) is 2. The van der Waals surface area contributed by atoms with Crippen LogP contribution in [-0.4, -0.2) is 34.4 Å². The van der Waals surface area contributed by atoms with Crippen LogP contribution in [0.2, 0.25) is 0 Å². The first-order chi connectivity index (χ1) is 12.1. The molecule has 134 valence electrons. The van der Waals surface area contributed by atoms with Crippen molar-refractivity contribution in [3.8, 4) is 0 Å². The van der Waals surface area contributed by atoms with Crippen LogP contribution >= 0.6 is 23.5 Å². The van der Waals surface area contributed by atoms with Gasteiger partial charge in [-0.25, -0.2) is 9.97 Å². The molecule has 1 amide bonds. The van der Waals surface area contributed by atoms with Crippen LogP contribution in [0.1, 0.15) is 28.9 Å². The molecule has 0 atom stereocenters. The van der Waals surface area contributed by atoms with Crippen molar-refractivity contribution >= 4 is 29.4 Å². The zero-order valence-corrected chi connectivity index (χ0v) is 16.7. The lowest BCUT2D eigenvalue weighted by Crippen LogP contribution is -2.26. The maximum Gasteiger partial charge on any atom is 0.220 e. The van der Waals surface area contributed by atoms with Crippen LogP contribution in [0.3, 0.4) is 0 Å². The summed E-state index contributed by atoms with van der Waals surface area (Å²) in [6, 6.07) is 10.4. The lowest BCUT2D eigenvalue weighted by Gasteiger charge is -2.10. The fraction of sp³-hybridized carbons (Fsp3) is 0.421. The van der Waals surface area contributed by atoms with E-state index in [0.29, 0.717) is 19.4 Å². The lowest BCUT2D eigenvalue weighted by molar-refractivity contribution is -0.120. The smallest absolute Gasteiger partial charge is 0.220 e. The van der Waals surface area contributed by atoms with E-state index < -0.39 is 0 Å². The number of amides is 1. The number of carbonyl (C=O) groups excluding carboxylic acids is 1. The predicted molar refractivity (Wildman–Crippen MR) is 107 cm³/mol. The van der Waals surface area contributed by atoms with E-state index in [2.05, 4.69) is 39.6 Å². The third kappa shape index (κ3) is 6.71. The van der Waals surface area contributed by atoms with Gasteiger partial charge in [0, 0.05) is 35.9 Å². The van der Waals surface area contributed by atoms with E-state index in [0.717, 1.165) is 33.6 Å². The summed E-state index contributed by atoms with van der Waals surface area (Å²) in [7, 11) is 0. The lowest BCUT2D eigenvalue weighted by atomic mass is 10.1. The van der Waals surface area contributed by atoms with Gasteiger partial charge in [-0.05, 0) is 37.7 Å². The van der Waals surface area contributed by atoms with Gasteiger partial charge in [0.05, 0.1) is 0 Å². The highest BCUT2D eigenvalue weighted by molar-refractivity contribution is 7.98. The number of benzene rings is 1. The number of carbonyl (C=O) groups is 1. The van der Waals surface area contributed by atoms with Crippen LogP contribution in [0.25, 0.3) is 0 Å². The Balaban J connectivity index is 1.67. The topological polar surface area (TPSA) is 54.9 Å². The molecule has 0 radical (unpaired) electrons. The molecule has 0 saturated heterocycles. The van der Waals surface area contributed by atoms with Gasteiger partial charge in [-0.2, -0.15) is 11.8 Å². The molecule has 1 N–H and O–H groups in total. The van der Waals surface area contributed by atoms with Gasteiger partial charge in [-0.1, -0.05) is 42.1 Å². The van der Waals surface area contributed by atoms with Crippen molar-refractivity contribution in [3.05, 3.63) is 52.8 Å². The van der Waals surface area contributed by atoms with Crippen molar-refractivity contribution in [2.24, 2.45) is 0 Å². The standard InChI is InChI=1S/C19H25N3OS2/c1-14-17(15(2)22-19(21-14)24-3)9-10-18(23)20-11-12-25-13-16-7-5-4-6-8-16/h4-8H,9-13H2,1-3H3,(H,20,23). The summed E-state index contributed by atoms with van der Waals surface area (Å²) >= 11 is 3.38. The van der Waals surface area contributed by atoms with E-state index in [1.807, 2.05) is 37.9 Å². The van der Waals surface area contributed by atoms with Gasteiger partial charge in [-0.3, -0.25) is 4.79 Å². The summed E-state index contributed by atoms with van der Waals surface area (Å²) in [6.45, 7) is 4.68. The van der Waals surface area contributed by atoms with Crippen molar-refractivity contribution in [1.82, 2.24) is 15.3 Å². The number of aryl methyl sites for hydroxylation is 2. The van der Waals surface area contributed by atoms with Gasteiger partial charge >= 0.3 is 0 Å². The van der Waals surface area contributed by atoms with E-state index in [-0.39, 0.29) is 5.91 Å². The van der Waals surface area contributed by atoms with Crippen LogP contribution in [0.5, 0.6) is 0 Å². The highest BCUT2D eigenvalue weighted by Gasteiger charge is 2.10. The first kappa shape index (κ1) is 19.8. The number of hydrogen-bond donors (Lipinski definition) is 1. The average Bonchev–Trinajstić information content (AvgIpc) is 2.61. The molecule has 25 heavy (non-hydrogen) atoms. The minimum absolute atomic E-state index is 0.0908. The second kappa shape index (κ2) is 10.5. The first-order valence-corrected chi connectivity index (χ1v) is 10.7. The number of aromatic nitrogens is 2. The Kier molecular flexibility index (Phi) is 8.28. The van der Waals surface area contributed by atoms with E-state index in [4.69, 9.17) is 0 Å². The SMILES string of the molecule is CSc1nc(C)c(CCC(=O)NCCSCc2ccccc2)c(C)n1. The number of thioether (sulfide) groups is 2. The molecule has 0 aliphatic carbocycles. The molecule has 0 saturated carbocycles. The third-order valence-electron chi connectivity index (χ3n) is 3.86. The molecular formula is C19H25N3OS2. The Hall–Kier alpha value is -1.53. The van der Waals surface area contributed by atoms with Crippen LogP contribution in [0, 0.1) is 13.8 Å². The fourth-order valence-corrected chi connectivity index (χ4v) is 3.79. The third-order valence-corrected chi connectivity index (χ3v) is 5.44. The maximum atomic E-state index is 12.0. The molecule has 0 fully saturated rings. The predicted octanol–water partition coefficient (Wildman–Crippen LogP) is 3.80. The van der Waals surface area contributed by atoms with Crippen molar-refractivity contribution in [3.63, 3.8) is 0 Å². The van der Waals surface area contributed by atoms with Gasteiger partial charge in [0.2, 0.25) is 5.91 Å². The largest absolute Gasteiger partial charge is 0.355 e. The molecule has 0 unspecified atom stereocenters. The van der Waals surface area contributed by atoms with Gasteiger partial charge < -0.3 is 5.32 Å². The van der Waals surface area contributed by atoms with E-state index in [1.165, 1.54) is 5.56 Å². The molecule has 1 aromatic carbocycles. The van der Waals surface area contributed by atoms with Crippen molar-refractivity contribution in [1.29, 1.82) is 0 Å². The van der Waals surface area contributed by atoms with Gasteiger partial charge in [0.15, 0.2) is 5.16 Å². The molecule has 2 aromatic rings. The second-order valence-electron chi connectivity index (χ2n) is 5.75. The number of rotatable bonds is 9. The fourth-order valence-electron chi connectivity index (χ4n) is 2.52. The molecule has 0 spiro atoms. The average molecular weight is 376 g/mol. The number of nitrogens with one attached hydrogen (secondary N) is 1. The maximum absolute atomic E-state index is 12.0. The van der Waals surface area contributed by atoms with Crippen LogP contribution in [0.15, 0.2) is 35.5 Å². The van der Waals surface area contributed by atoms with E-state index in [1.54, 1.807) is 11.8 Å². The molecule has 6 heteroatoms. The minimum atomic E-state index is 0.0908.